The van der Waals surface area contributed by atoms with Crippen LogP contribution in [0.2, 0.25) is 0 Å². The molecule has 5 rings (SSSR count). The monoisotopic (exact) mass is 431 g/mol. The Morgan fingerprint density at radius 1 is 0.969 bits per heavy atom. The van der Waals surface area contributed by atoms with Crippen LogP contribution in [0, 0.1) is 0 Å². The summed E-state index contributed by atoms with van der Waals surface area (Å²) in [6, 6.07) is 23.6. The van der Waals surface area contributed by atoms with Gasteiger partial charge in [-0.1, -0.05) is 42.5 Å². The standard InChI is InChI=1S/C27H29NO4/c29-23-10-4-8-21(14-23)22-9-5-13-28(16-22)17-25-19-31-27-15-24(11-12-26(27)32-25)30-18-20-6-2-1-3-7-20/h1-4,6-8,10-12,14-15,22,25,29H,5,9,13,16-19H2/t22-,25-/m0/s1. The van der Waals surface area contributed by atoms with Gasteiger partial charge in [-0.25, -0.2) is 0 Å². The number of benzene rings is 3. The first-order chi connectivity index (χ1) is 15.7. The van der Waals surface area contributed by atoms with E-state index in [2.05, 4.69) is 11.0 Å². The van der Waals surface area contributed by atoms with E-state index in [0.29, 0.717) is 24.9 Å². The second-order valence-electron chi connectivity index (χ2n) is 8.63. The van der Waals surface area contributed by atoms with Crippen LogP contribution in [0.25, 0.3) is 0 Å². The van der Waals surface area contributed by atoms with Crippen molar-refractivity contribution in [1.82, 2.24) is 4.90 Å². The molecule has 3 aromatic rings. The Kier molecular flexibility index (Phi) is 6.17. The predicted octanol–water partition coefficient (Wildman–Crippen LogP) is 4.99. The van der Waals surface area contributed by atoms with Crippen LogP contribution in [0.1, 0.15) is 29.9 Å². The molecule has 2 aliphatic heterocycles. The highest BCUT2D eigenvalue weighted by molar-refractivity contribution is 5.46. The number of rotatable bonds is 6. The Hall–Kier alpha value is -3.18. The fourth-order valence-electron chi connectivity index (χ4n) is 4.58. The number of hydrogen-bond acceptors (Lipinski definition) is 5. The number of ether oxygens (including phenoxy) is 3. The highest BCUT2D eigenvalue weighted by Crippen LogP contribution is 2.36. The van der Waals surface area contributed by atoms with Crippen LogP contribution in [0.5, 0.6) is 23.0 Å². The first kappa shape index (κ1) is 20.7. The normalized spacial score (nSPS) is 20.6. The van der Waals surface area contributed by atoms with Crippen molar-refractivity contribution in [1.29, 1.82) is 0 Å². The second-order valence-corrected chi connectivity index (χ2v) is 8.63. The Balaban J connectivity index is 1.16. The molecule has 3 aromatic carbocycles. The van der Waals surface area contributed by atoms with Gasteiger partial charge in [-0.2, -0.15) is 0 Å². The van der Waals surface area contributed by atoms with E-state index in [1.807, 2.05) is 60.7 Å². The number of hydrogen-bond donors (Lipinski definition) is 1. The van der Waals surface area contributed by atoms with Gasteiger partial charge in [-0.3, -0.25) is 4.90 Å². The van der Waals surface area contributed by atoms with Crippen molar-refractivity contribution in [2.75, 3.05) is 26.2 Å². The average molecular weight is 432 g/mol. The van der Waals surface area contributed by atoms with Crippen LogP contribution in [0.4, 0.5) is 0 Å². The van der Waals surface area contributed by atoms with Crippen molar-refractivity contribution >= 4 is 0 Å². The maximum absolute atomic E-state index is 9.82. The molecule has 0 amide bonds. The van der Waals surface area contributed by atoms with Gasteiger partial charge in [0.05, 0.1) is 0 Å². The van der Waals surface area contributed by atoms with E-state index in [-0.39, 0.29) is 6.10 Å². The average Bonchev–Trinajstić information content (AvgIpc) is 2.83. The fourth-order valence-corrected chi connectivity index (χ4v) is 4.58. The van der Waals surface area contributed by atoms with E-state index in [1.165, 1.54) is 5.56 Å². The quantitative estimate of drug-likeness (QED) is 0.596. The second kappa shape index (κ2) is 9.53. The minimum Gasteiger partial charge on any atom is -0.508 e. The lowest BCUT2D eigenvalue weighted by molar-refractivity contribution is 0.0501. The molecule has 2 aliphatic rings. The van der Waals surface area contributed by atoms with Gasteiger partial charge in [0.1, 0.15) is 30.8 Å². The molecule has 1 N–H and O–H groups in total. The molecule has 5 nitrogen and oxygen atoms in total. The zero-order valence-electron chi connectivity index (χ0n) is 18.2. The summed E-state index contributed by atoms with van der Waals surface area (Å²) in [6.07, 6.45) is 2.30. The van der Waals surface area contributed by atoms with Crippen molar-refractivity contribution in [3.8, 4) is 23.0 Å². The topological polar surface area (TPSA) is 51.2 Å². The molecule has 5 heteroatoms. The molecule has 32 heavy (non-hydrogen) atoms. The summed E-state index contributed by atoms with van der Waals surface area (Å²) in [7, 11) is 0. The molecule has 166 valence electrons. The highest BCUT2D eigenvalue weighted by atomic mass is 16.6. The highest BCUT2D eigenvalue weighted by Gasteiger charge is 2.27. The summed E-state index contributed by atoms with van der Waals surface area (Å²) < 4.78 is 18.2. The summed E-state index contributed by atoms with van der Waals surface area (Å²) in [5.41, 5.74) is 2.34. The molecule has 0 aliphatic carbocycles. The summed E-state index contributed by atoms with van der Waals surface area (Å²) in [6.45, 7) is 3.93. The van der Waals surface area contributed by atoms with Crippen molar-refractivity contribution in [3.05, 3.63) is 83.9 Å². The van der Waals surface area contributed by atoms with Crippen molar-refractivity contribution in [2.45, 2.75) is 31.5 Å². The Bertz CT molecular complexity index is 1040. The van der Waals surface area contributed by atoms with E-state index < -0.39 is 0 Å². The molecule has 0 bridgehead atoms. The predicted molar refractivity (Wildman–Crippen MR) is 124 cm³/mol. The number of piperidine rings is 1. The number of likely N-dealkylation sites (tertiary alicyclic amines) is 1. The van der Waals surface area contributed by atoms with Gasteiger partial charge in [0, 0.05) is 19.2 Å². The third kappa shape index (κ3) is 5.00. The van der Waals surface area contributed by atoms with Gasteiger partial charge in [0.2, 0.25) is 0 Å². The molecule has 0 unspecified atom stereocenters. The Morgan fingerprint density at radius 2 is 1.88 bits per heavy atom. The minimum atomic E-state index is 0.00140. The molecule has 0 radical (unpaired) electrons. The van der Waals surface area contributed by atoms with Crippen molar-refractivity contribution < 1.29 is 19.3 Å². The molecule has 0 spiro atoms. The van der Waals surface area contributed by atoms with E-state index in [1.54, 1.807) is 6.07 Å². The number of fused-ring (bicyclic) bond motifs is 1. The molecule has 1 fully saturated rings. The Labute approximate surface area is 189 Å². The lowest BCUT2D eigenvalue weighted by Crippen LogP contribution is -2.44. The maximum atomic E-state index is 9.82. The van der Waals surface area contributed by atoms with Gasteiger partial charge < -0.3 is 19.3 Å². The van der Waals surface area contributed by atoms with Gasteiger partial charge in [-0.15, -0.1) is 0 Å². The zero-order chi connectivity index (χ0) is 21.8. The largest absolute Gasteiger partial charge is 0.508 e. The lowest BCUT2D eigenvalue weighted by Gasteiger charge is -2.36. The van der Waals surface area contributed by atoms with E-state index >= 15 is 0 Å². The molecule has 1 saturated heterocycles. The van der Waals surface area contributed by atoms with Crippen molar-refractivity contribution in [2.24, 2.45) is 0 Å². The smallest absolute Gasteiger partial charge is 0.165 e. The SMILES string of the molecule is Oc1cccc([C@H]2CCCN(C[C@H]3COc4cc(OCc5ccccc5)ccc4O3)C2)c1. The van der Waals surface area contributed by atoms with Crippen LogP contribution in [-0.2, 0) is 6.61 Å². The van der Waals surface area contributed by atoms with E-state index in [0.717, 1.165) is 55.3 Å². The molecule has 2 atom stereocenters. The van der Waals surface area contributed by atoms with Crippen LogP contribution in [0.3, 0.4) is 0 Å². The first-order valence-electron chi connectivity index (χ1n) is 11.3. The van der Waals surface area contributed by atoms with E-state index in [4.69, 9.17) is 14.2 Å². The molecule has 0 saturated carbocycles. The minimum absolute atomic E-state index is 0.00140. The summed E-state index contributed by atoms with van der Waals surface area (Å²) in [5.74, 6) is 3.07. The number of nitrogens with zero attached hydrogens (tertiary/aromatic N) is 1. The van der Waals surface area contributed by atoms with Gasteiger partial charge in [0.15, 0.2) is 11.5 Å². The summed E-state index contributed by atoms with van der Waals surface area (Å²) in [4.78, 5) is 2.45. The van der Waals surface area contributed by atoms with Gasteiger partial charge in [-0.05, 0) is 60.7 Å². The van der Waals surface area contributed by atoms with Crippen LogP contribution < -0.4 is 14.2 Å². The zero-order valence-corrected chi connectivity index (χ0v) is 18.2. The van der Waals surface area contributed by atoms with Crippen LogP contribution >= 0.6 is 0 Å². The lowest BCUT2D eigenvalue weighted by atomic mass is 9.90. The number of phenolic OH excluding ortho intramolecular Hbond substituents is 1. The fraction of sp³-hybridized carbons (Fsp3) is 0.333. The summed E-state index contributed by atoms with van der Waals surface area (Å²) >= 11 is 0. The molecular formula is C27H29NO4. The van der Waals surface area contributed by atoms with Gasteiger partial charge >= 0.3 is 0 Å². The van der Waals surface area contributed by atoms with E-state index in [9.17, 15) is 5.11 Å². The van der Waals surface area contributed by atoms with Crippen molar-refractivity contribution in [3.63, 3.8) is 0 Å². The third-order valence-corrected chi connectivity index (χ3v) is 6.19. The maximum Gasteiger partial charge on any atom is 0.165 e. The first-order valence-corrected chi connectivity index (χ1v) is 11.3. The van der Waals surface area contributed by atoms with Gasteiger partial charge in [0.25, 0.3) is 0 Å². The third-order valence-electron chi connectivity index (χ3n) is 6.19. The van der Waals surface area contributed by atoms with Crippen LogP contribution in [-0.4, -0.2) is 42.4 Å². The molecule has 2 heterocycles. The molecular weight excluding hydrogens is 402 g/mol. The number of aromatic hydroxyl groups is 1. The Morgan fingerprint density at radius 3 is 2.75 bits per heavy atom. The van der Waals surface area contributed by atoms with Crippen LogP contribution in [0.15, 0.2) is 72.8 Å². The summed E-state index contributed by atoms with van der Waals surface area (Å²) in [5, 5.41) is 9.82. The number of phenols is 1. The molecule has 0 aromatic heterocycles.